The first-order chi connectivity index (χ1) is 15.0. The van der Waals surface area contributed by atoms with Crippen molar-refractivity contribution in [1.82, 2.24) is 28.4 Å². The van der Waals surface area contributed by atoms with Crippen LogP contribution < -0.4 is 10.0 Å². The van der Waals surface area contributed by atoms with Crippen molar-refractivity contribution in [3.8, 4) is 28.4 Å². The summed E-state index contributed by atoms with van der Waals surface area (Å²) in [6.45, 7) is 1.57. The Balaban J connectivity index is 1.44. The van der Waals surface area contributed by atoms with Crippen molar-refractivity contribution >= 4 is 32.5 Å². The average Bonchev–Trinajstić information content (AvgIpc) is 3.42. The van der Waals surface area contributed by atoms with Crippen molar-refractivity contribution in [2.75, 3.05) is 31.5 Å². The van der Waals surface area contributed by atoms with Crippen LogP contribution in [0.3, 0.4) is 0 Å². The number of phenolic OH excluding ortho intramolecular Hbond substituents is 1. The van der Waals surface area contributed by atoms with E-state index in [1.54, 1.807) is 30.5 Å². The molecule has 4 aromatic rings. The molecule has 5 rings (SSSR count). The second kappa shape index (κ2) is 7.89. The number of fused-ring (bicyclic) bond motifs is 1. The number of thiazole rings is 1. The van der Waals surface area contributed by atoms with Crippen LogP contribution in [0.5, 0.6) is 5.75 Å². The largest absolute Gasteiger partial charge is 0.508 e. The molecule has 1 fully saturated rings. The molecule has 31 heavy (non-hydrogen) atoms. The third-order valence-electron chi connectivity index (χ3n) is 4.91. The molecule has 12 heteroatoms. The fourth-order valence-electron chi connectivity index (χ4n) is 3.50. The molecule has 1 aromatic carbocycles. The summed E-state index contributed by atoms with van der Waals surface area (Å²) in [6.07, 6.45) is 3.58. The Morgan fingerprint density at radius 3 is 2.97 bits per heavy atom. The van der Waals surface area contributed by atoms with Crippen LogP contribution in [0.2, 0.25) is 0 Å². The van der Waals surface area contributed by atoms with Gasteiger partial charge in [-0.25, -0.2) is 19.7 Å². The number of anilines is 1. The third kappa shape index (κ3) is 3.85. The lowest BCUT2D eigenvalue weighted by Gasteiger charge is -2.13. The third-order valence-corrected chi connectivity index (χ3v) is 7.28. The van der Waals surface area contributed by atoms with Crippen molar-refractivity contribution in [2.45, 2.75) is 0 Å². The normalized spacial score (nSPS) is 16.1. The number of hydrogen-bond donors (Lipinski definition) is 3. The van der Waals surface area contributed by atoms with E-state index in [4.69, 9.17) is 4.98 Å². The molecular formula is C19H19N7O3S2. The SMILES string of the molecule is O=S1(=O)NCCN1CCNc1nccc(-c2c(-c3cccc(O)c3)nc3sccn23)n1. The van der Waals surface area contributed by atoms with Gasteiger partial charge in [-0.2, -0.15) is 12.7 Å². The molecular weight excluding hydrogens is 438 g/mol. The highest BCUT2D eigenvalue weighted by Crippen LogP contribution is 2.34. The minimum Gasteiger partial charge on any atom is -0.508 e. The van der Waals surface area contributed by atoms with Crippen molar-refractivity contribution < 1.29 is 13.5 Å². The van der Waals surface area contributed by atoms with E-state index < -0.39 is 10.2 Å². The second-order valence-electron chi connectivity index (χ2n) is 6.91. The monoisotopic (exact) mass is 457 g/mol. The molecule has 0 atom stereocenters. The number of imidazole rings is 1. The smallest absolute Gasteiger partial charge is 0.279 e. The van der Waals surface area contributed by atoms with Crippen molar-refractivity contribution in [3.05, 3.63) is 48.1 Å². The molecule has 0 spiro atoms. The van der Waals surface area contributed by atoms with Crippen LogP contribution in [0.1, 0.15) is 0 Å². The Hall–Kier alpha value is -3.06. The maximum absolute atomic E-state index is 11.8. The fourth-order valence-corrected chi connectivity index (χ4v) is 5.41. The molecule has 0 bridgehead atoms. The highest BCUT2D eigenvalue weighted by molar-refractivity contribution is 7.87. The van der Waals surface area contributed by atoms with Gasteiger partial charge in [0, 0.05) is 49.5 Å². The lowest BCUT2D eigenvalue weighted by atomic mass is 10.1. The molecule has 160 valence electrons. The van der Waals surface area contributed by atoms with Gasteiger partial charge in [0.15, 0.2) is 4.96 Å². The zero-order chi connectivity index (χ0) is 21.4. The van der Waals surface area contributed by atoms with Gasteiger partial charge >= 0.3 is 0 Å². The molecule has 0 amide bonds. The van der Waals surface area contributed by atoms with Crippen molar-refractivity contribution in [3.63, 3.8) is 0 Å². The molecule has 0 saturated carbocycles. The summed E-state index contributed by atoms with van der Waals surface area (Å²) < 4.78 is 29.5. The summed E-state index contributed by atoms with van der Waals surface area (Å²) in [5, 5.41) is 15.0. The van der Waals surface area contributed by atoms with Gasteiger partial charge in [0.2, 0.25) is 5.95 Å². The van der Waals surface area contributed by atoms with Gasteiger partial charge in [-0.15, -0.1) is 11.3 Å². The van der Waals surface area contributed by atoms with Crippen LogP contribution in [0.25, 0.3) is 27.6 Å². The Morgan fingerprint density at radius 2 is 2.16 bits per heavy atom. The number of phenols is 1. The van der Waals surface area contributed by atoms with Crippen LogP contribution in [-0.2, 0) is 10.2 Å². The molecule has 3 N–H and O–H groups in total. The molecule has 0 unspecified atom stereocenters. The van der Waals surface area contributed by atoms with Gasteiger partial charge in [0.1, 0.15) is 11.4 Å². The maximum Gasteiger partial charge on any atom is 0.279 e. The van der Waals surface area contributed by atoms with Gasteiger partial charge in [-0.3, -0.25) is 4.40 Å². The molecule has 4 heterocycles. The number of rotatable bonds is 6. The summed E-state index contributed by atoms with van der Waals surface area (Å²) in [6, 6.07) is 8.75. The minimum atomic E-state index is -3.37. The van der Waals surface area contributed by atoms with Gasteiger partial charge < -0.3 is 10.4 Å². The van der Waals surface area contributed by atoms with E-state index in [0.29, 0.717) is 43.5 Å². The first-order valence-electron chi connectivity index (χ1n) is 9.58. The van der Waals surface area contributed by atoms with Gasteiger partial charge in [-0.05, 0) is 18.2 Å². The minimum absolute atomic E-state index is 0.163. The quantitative estimate of drug-likeness (QED) is 0.403. The summed E-state index contributed by atoms with van der Waals surface area (Å²) in [5.74, 6) is 0.560. The lowest BCUT2D eigenvalue weighted by Crippen LogP contribution is -2.33. The van der Waals surface area contributed by atoms with Crippen LogP contribution >= 0.6 is 11.3 Å². The van der Waals surface area contributed by atoms with Gasteiger partial charge in [0.05, 0.1) is 11.4 Å². The van der Waals surface area contributed by atoms with Crippen LogP contribution in [0, 0.1) is 0 Å². The highest BCUT2D eigenvalue weighted by Gasteiger charge is 2.27. The number of hydrogen-bond acceptors (Lipinski definition) is 8. The summed E-state index contributed by atoms with van der Waals surface area (Å²) >= 11 is 1.51. The predicted molar refractivity (Wildman–Crippen MR) is 118 cm³/mol. The van der Waals surface area contributed by atoms with E-state index in [9.17, 15) is 13.5 Å². The standard InChI is InChI=1S/C19H19N7O3S2/c27-14-3-1-2-13(12-14)16-17(26-10-11-30-19(26)24-16)15-4-5-20-18(23-15)21-6-8-25-9-7-22-31(25,28)29/h1-5,10-12,22,27H,6-9H2,(H,20,21,23). The molecule has 1 saturated heterocycles. The van der Waals surface area contributed by atoms with Gasteiger partial charge in [0.25, 0.3) is 10.2 Å². The Kier molecular flexibility index (Phi) is 5.06. The summed E-state index contributed by atoms with van der Waals surface area (Å²) in [7, 11) is -3.37. The van der Waals surface area contributed by atoms with Crippen molar-refractivity contribution in [1.29, 1.82) is 0 Å². The van der Waals surface area contributed by atoms with E-state index in [1.807, 2.05) is 22.0 Å². The second-order valence-corrected chi connectivity index (χ2v) is 9.53. The van der Waals surface area contributed by atoms with E-state index in [-0.39, 0.29) is 5.75 Å². The number of nitrogens with zero attached hydrogens (tertiary/aromatic N) is 5. The van der Waals surface area contributed by atoms with E-state index in [1.165, 1.54) is 15.6 Å². The summed E-state index contributed by atoms with van der Waals surface area (Å²) in [4.78, 5) is 14.4. The Bertz CT molecular complexity index is 1350. The lowest BCUT2D eigenvalue weighted by molar-refractivity contribution is 0.461. The molecule has 1 aliphatic rings. The van der Waals surface area contributed by atoms with Crippen LogP contribution in [-0.4, -0.2) is 63.4 Å². The molecule has 10 nitrogen and oxygen atoms in total. The molecule has 1 aliphatic heterocycles. The van der Waals surface area contributed by atoms with Crippen LogP contribution in [0.4, 0.5) is 5.95 Å². The number of benzene rings is 1. The Labute approximate surface area is 182 Å². The number of aromatic hydroxyl groups is 1. The van der Waals surface area contributed by atoms with E-state index >= 15 is 0 Å². The first kappa shape index (κ1) is 19.9. The zero-order valence-corrected chi connectivity index (χ0v) is 17.9. The Morgan fingerprint density at radius 1 is 1.26 bits per heavy atom. The van der Waals surface area contributed by atoms with E-state index in [0.717, 1.165) is 16.2 Å². The average molecular weight is 458 g/mol. The van der Waals surface area contributed by atoms with Gasteiger partial charge in [-0.1, -0.05) is 12.1 Å². The first-order valence-corrected chi connectivity index (χ1v) is 11.9. The molecule has 0 aliphatic carbocycles. The topological polar surface area (TPSA) is 125 Å². The maximum atomic E-state index is 11.8. The number of aromatic nitrogens is 4. The summed E-state index contributed by atoms with van der Waals surface area (Å²) in [5.41, 5.74) is 2.95. The molecule has 0 radical (unpaired) electrons. The molecule has 3 aromatic heterocycles. The predicted octanol–water partition coefficient (Wildman–Crippen LogP) is 1.79. The van der Waals surface area contributed by atoms with Crippen LogP contribution in [0.15, 0.2) is 48.1 Å². The van der Waals surface area contributed by atoms with Crippen molar-refractivity contribution in [2.24, 2.45) is 0 Å². The highest BCUT2D eigenvalue weighted by atomic mass is 32.2. The zero-order valence-electron chi connectivity index (χ0n) is 16.3. The van der Waals surface area contributed by atoms with E-state index in [2.05, 4.69) is 20.0 Å². The fraction of sp³-hybridized carbons (Fsp3) is 0.211. The number of nitrogens with one attached hydrogen (secondary N) is 2.